The molecule has 0 saturated heterocycles. The standard InChI is InChI=1S/C9H12BNO2/c1-11-5-7-3-2-4-9-8(7)6-13-10(9)12/h2-4,11-12H,5-6H2,1H3. The van der Waals surface area contributed by atoms with Crippen molar-refractivity contribution in [1.82, 2.24) is 5.32 Å². The molecular formula is C9H12BNO2. The molecule has 0 fully saturated rings. The summed E-state index contributed by atoms with van der Waals surface area (Å²) < 4.78 is 5.14. The van der Waals surface area contributed by atoms with Gasteiger partial charge in [0.15, 0.2) is 0 Å². The second kappa shape index (κ2) is 3.50. The van der Waals surface area contributed by atoms with Gasteiger partial charge in [-0.05, 0) is 23.6 Å². The summed E-state index contributed by atoms with van der Waals surface area (Å²) >= 11 is 0. The van der Waals surface area contributed by atoms with E-state index < -0.39 is 7.12 Å². The summed E-state index contributed by atoms with van der Waals surface area (Å²) in [7, 11) is 1.18. The van der Waals surface area contributed by atoms with Gasteiger partial charge < -0.3 is 15.0 Å². The highest BCUT2D eigenvalue weighted by atomic mass is 16.5. The van der Waals surface area contributed by atoms with Crippen LogP contribution in [0.2, 0.25) is 0 Å². The highest BCUT2D eigenvalue weighted by Crippen LogP contribution is 2.14. The van der Waals surface area contributed by atoms with Gasteiger partial charge in [-0.15, -0.1) is 0 Å². The normalized spacial score (nSPS) is 14.8. The average molecular weight is 177 g/mol. The van der Waals surface area contributed by atoms with Crippen molar-refractivity contribution >= 4 is 12.6 Å². The second-order valence-corrected chi connectivity index (χ2v) is 3.18. The lowest BCUT2D eigenvalue weighted by Gasteiger charge is -2.05. The van der Waals surface area contributed by atoms with Crippen LogP contribution in [-0.2, 0) is 17.8 Å². The van der Waals surface area contributed by atoms with Crippen molar-refractivity contribution in [3.63, 3.8) is 0 Å². The van der Waals surface area contributed by atoms with E-state index in [0.29, 0.717) is 6.61 Å². The van der Waals surface area contributed by atoms with Crippen LogP contribution < -0.4 is 10.8 Å². The highest BCUT2D eigenvalue weighted by Gasteiger charge is 2.28. The van der Waals surface area contributed by atoms with Gasteiger partial charge in [-0.3, -0.25) is 0 Å². The smallest absolute Gasteiger partial charge is 0.423 e. The van der Waals surface area contributed by atoms with Gasteiger partial charge in [-0.25, -0.2) is 0 Å². The molecule has 1 aromatic carbocycles. The lowest BCUT2D eigenvalue weighted by Crippen LogP contribution is -2.28. The van der Waals surface area contributed by atoms with E-state index in [1.165, 1.54) is 5.56 Å². The summed E-state index contributed by atoms with van der Waals surface area (Å²) in [5.41, 5.74) is 3.24. The fourth-order valence-corrected chi connectivity index (χ4v) is 1.67. The molecule has 2 rings (SSSR count). The predicted molar refractivity (Wildman–Crippen MR) is 51.6 cm³/mol. The molecule has 4 heteroatoms. The maximum atomic E-state index is 9.43. The van der Waals surface area contributed by atoms with Crippen LogP contribution in [0.15, 0.2) is 18.2 Å². The van der Waals surface area contributed by atoms with Gasteiger partial charge in [0.1, 0.15) is 0 Å². The summed E-state index contributed by atoms with van der Waals surface area (Å²) in [5.74, 6) is 0. The summed E-state index contributed by atoms with van der Waals surface area (Å²) in [6, 6.07) is 5.91. The van der Waals surface area contributed by atoms with Crippen LogP contribution >= 0.6 is 0 Å². The number of hydrogen-bond acceptors (Lipinski definition) is 3. The maximum absolute atomic E-state index is 9.43. The van der Waals surface area contributed by atoms with E-state index in [1.807, 2.05) is 19.2 Å². The minimum Gasteiger partial charge on any atom is -0.423 e. The quantitative estimate of drug-likeness (QED) is 0.605. The van der Waals surface area contributed by atoms with Crippen molar-refractivity contribution in [2.75, 3.05) is 7.05 Å². The molecule has 1 aliphatic heterocycles. The molecule has 0 amide bonds. The van der Waals surface area contributed by atoms with Crippen LogP contribution in [0.3, 0.4) is 0 Å². The maximum Gasteiger partial charge on any atom is 0.491 e. The summed E-state index contributed by atoms with van der Waals surface area (Å²) in [4.78, 5) is 0. The molecule has 0 saturated carbocycles. The van der Waals surface area contributed by atoms with Crippen LogP contribution in [0.5, 0.6) is 0 Å². The van der Waals surface area contributed by atoms with Gasteiger partial charge in [0.25, 0.3) is 0 Å². The summed E-state index contributed by atoms with van der Waals surface area (Å²) in [6.07, 6.45) is 0. The molecule has 1 aromatic rings. The van der Waals surface area contributed by atoms with Crippen LogP contribution in [-0.4, -0.2) is 19.2 Å². The molecule has 0 radical (unpaired) electrons. The van der Waals surface area contributed by atoms with E-state index in [4.69, 9.17) is 4.65 Å². The Balaban J connectivity index is 2.38. The topological polar surface area (TPSA) is 41.5 Å². The van der Waals surface area contributed by atoms with Crippen molar-refractivity contribution < 1.29 is 9.68 Å². The lowest BCUT2D eigenvalue weighted by atomic mass is 9.78. The number of fused-ring (bicyclic) bond motifs is 1. The summed E-state index contributed by atoms with van der Waals surface area (Å²) in [6.45, 7) is 1.34. The van der Waals surface area contributed by atoms with Gasteiger partial charge >= 0.3 is 7.12 Å². The van der Waals surface area contributed by atoms with Gasteiger partial charge in [0.05, 0.1) is 6.61 Å². The first-order valence-electron chi connectivity index (χ1n) is 4.38. The molecule has 68 valence electrons. The minimum atomic E-state index is -0.730. The van der Waals surface area contributed by atoms with Gasteiger partial charge in [-0.2, -0.15) is 0 Å². The SMILES string of the molecule is CNCc1cccc2c1COB2O. The Kier molecular flexibility index (Phi) is 2.35. The third kappa shape index (κ3) is 1.48. The highest BCUT2D eigenvalue weighted by molar-refractivity contribution is 6.61. The number of hydrogen-bond donors (Lipinski definition) is 2. The molecule has 0 aliphatic carbocycles. The van der Waals surface area contributed by atoms with Gasteiger partial charge in [0.2, 0.25) is 0 Å². The first kappa shape index (κ1) is 8.75. The fraction of sp³-hybridized carbons (Fsp3) is 0.333. The Labute approximate surface area is 77.9 Å². The van der Waals surface area contributed by atoms with Crippen LogP contribution in [0.25, 0.3) is 0 Å². The van der Waals surface area contributed by atoms with E-state index in [1.54, 1.807) is 0 Å². The molecule has 0 spiro atoms. The third-order valence-electron chi connectivity index (χ3n) is 2.33. The van der Waals surface area contributed by atoms with E-state index >= 15 is 0 Å². The molecule has 13 heavy (non-hydrogen) atoms. The predicted octanol–water partition coefficient (Wildman–Crippen LogP) is -0.376. The lowest BCUT2D eigenvalue weighted by molar-refractivity contribution is 0.274. The van der Waals surface area contributed by atoms with Crippen LogP contribution in [0.4, 0.5) is 0 Å². The van der Waals surface area contributed by atoms with Crippen molar-refractivity contribution in [3.8, 4) is 0 Å². The Morgan fingerprint density at radius 2 is 2.46 bits per heavy atom. The van der Waals surface area contributed by atoms with Crippen LogP contribution in [0, 0.1) is 0 Å². The molecule has 3 nitrogen and oxygen atoms in total. The van der Waals surface area contributed by atoms with Crippen molar-refractivity contribution in [1.29, 1.82) is 0 Å². The molecule has 1 heterocycles. The monoisotopic (exact) mass is 177 g/mol. The zero-order valence-electron chi connectivity index (χ0n) is 7.58. The first-order chi connectivity index (χ1) is 6.33. The van der Waals surface area contributed by atoms with Gasteiger partial charge in [0, 0.05) is 6.54 Å². The Bertz CT molecular complexity index is 316. The zero-order valence-corrected chi connectivity index (χ0v) is 7.58. The largest absolute Gasteiger partial charge is 0.491 e. The van der Waals surface area contributed by atoms with E-state index in [-0.39, 0.29) is 0 Å². The number of rotatable bonds is 2. The number of benzene rings is 1. The van der Waals surface area contributed by atoms with E-state index in [9.17, 15) is 5.02 Å². The van der Waals surface area contributed by atoms with E-state index in [2.05, 4.69) is 11.4 Å². The van der Waals surface area contributed by atoms with E-state index in [0.717, 1.165) is 17.6 Å². The second-order valence-electron chi connectivity index (χ2n) is 3.18. The molecule has 1 aliphatic rings. The van der Waals surface area contributed by atoms with Crippen LogP contribution in [0.1, 0.15) is 11.1 Å². The number of nitrogens with one attached hydrogen (secondary N) is 1. The van der Waals surface area contributed by atoms with Crippen molar-refractivity contribution in [2.24, 2.45) is 0 Å². The third-order valence-corrected chi connectivity index (χ3v) is 2.33. The van der Waals surface area contributed by atoms with Crippen molar-refractivity contribution in [3.05, 3.63) is 29.3 Å². The molecular weight excluding hydrogens is 165 g/mol. The minimum absolute atomic E-state index is 0.522. The zero-order chi connectivity index (χ0) is 9.26. The molecule has 0 unspecified atom stereocenters. The Morgan fingerprint density at radius 3 is 3.23 bits per heavy atom. The van der Waals surface area contributed by atoms with Crippen molar-refractivity contribution in [2.45, 2.75) is 13.2 Å². The Morgan fingerprint density at radius 1 is 1.62 bits per heavy atom. The first-order valence-corrected chi connectivity index (χ1v) is 4.38. The molecule has 2 N–H and O–H groups in total. The van der Waals surface area contributed by atoms with Gasteiger partial charge in [-0.1, -0.05) is 18.2 Å². The average Bonchev–Trinajstić information content (AvgIpc) is 2.50. The fourth-order valence-electron chi connectivity index (χ4n) is 1.67. The molecule has 0 atom stereocenters. The molecule has 0 aromatic heterocycles. The summed E-state index contributed by atoms with van der Waals surface area (Å²) in [5, 5.41) is 12.5. The molecule has 0 bridgehead atoms. The Hall–Kier alpha value is -0.835.